The highest BCUT2D eigenvalue weighted by Gasteiger charge is 2.19. The van der Waals surface area contributed by atoms with E-state index in [2.05, 4.69) is 28.6 Å². The third-order valence-corrected chi connectivity index (χ3v) is 4.69. The lowest BCUT2D eigenvalue weighted by atomic mass is 10.0. The molecule has 0 radical (unpaired) electrons. The Morgan fingerprint density at radius 2 is 2.00 bits per heavy atom. The summed E-state index contributed by atoms with van der Waals surface area (Å²) in [6, 6.07) is 15.1. The molecule has 0 spiro atoms. The third-order valence-electron chi connectivity index (χ3n) is 4.69. The number of nitrogens with zero attached hydrogens (tertiary/aromatic N) is 1. The van der Waals surface area contributed by atoms with Gasteiger partial charge >= 0.3 is 6.03 Å². The van der Waals surface area contributed by atoms with Crippen LogP contribution in [0.25, 0.3) is 0 Å². The van der Waals surface area contributed by atoms with Gasteiger partial charge in [-0.3, -0.25) is 0 Å². The average Bonchev–Trinajstić information content (AvgIpc) is 2.96. The van der Waals surface area contributed by atoms with Gasteiger partial charge < -0.3 is 20.6 Å². The van der Waals surface area contributed by atoms with E-state index in [9.17, 15) is 9.90 Å². The van der Waals surface area contributed by atoms with Gasteiger partial charge in [-0.15, -0.1) is 0 Å². The second-order valence-electron chi connectivity index (χ2n) is 6.66. The first-order valence-corrected chi connectivity index (χ1v) is 8.66. The van der Waals surface area contributed by atoms with Crippen LogP contribution in [0, 0.1) is 0 Å². The number of carbonyl (C=O) groups is 1. The maximum Gasteiger partial charge on any atom is 0.319 e. The fraction of sp³-hybridized carbons (Fsp3) is 0.350. The molecule has 0 bridgehead atoms. The van der Waals surface area contributed by atoms with E-state index < -0.39 is 6.10 Å². The first kappa shape index (κ1) is 17.3. The zero-order valence-electron chi connectivity index (χ0n) is 14.7. The molecule has 0 saturated carbocycles. The lowest BCUT2D eigenvalue weighted by molar-refractivity contribution is 0.137. The van der Waals surface area contributed by atoms with Crippen molar-refractivity contribution in [2.75, 3.05) is 23.8 Å². The minimum atomic E-state index is -0.640. The van der Waals surface area contributed by atoms with Crippen LogP contribution in [0.3, 0.4) is 0 Å². The van der Waals surface area contributed by atoms with Crippen molar-refractivity contribution in [2.24, 2.45) is 0 Å². The summed E-state index contributed by atoms with van der Waals surface area (Å²) < 4.78 is 0. The van der Waals surface area contributed by atoms with Gasteiger partial charge in [0.25, 0.3) is 0 Å². The number of benzene rings is 2. The van der Waals surface area contributed by atoms with Gasteiger partial charge in [-0.25, -0.2) is 4.79 Å². The smallest absolute Gasteiger partial charge is 0.319 e. The Bertz CT molecular complexity index is 733. The number of likely N-dealkylation sites (N-methyl/N-ethyl adjacent to an activating group) is 1. The normalized spacial score (nSPS) is 15.4. The zero-order chi connectivity index (χ0) is 17.8. The van der Waals surface area contributed by atoms with Crippen LogP contribution < -0.4 is 15.5 Å². The van der Waals surface area contributed by atoms with Crippen LogP contribution in [0.15, 0.2) is 48.5 Å². The molecule has 5 nitrogen and oxygen atoms in total. The molecule has 2 aromatic carbocycles. The maximum atomic E-state index is 12.2. The third kappa shape index (κ3) is 4.31. The minimum Gasteiger partial charge on any atom is -0.391 e. The zero-order valence-corrected chi connectivity index (χ0v) is 14.7. The quantitative estimate of drug-likeness (QED) is 0.785. The number of carbonyl (C=O) groups excluding carboxylic acids is 1. The molecule has 1 heterocycles. The van der Waals surface area contributed by atoms with Crippen molar-refractivity contribution in [3.05, 3.63) is 59.7 Å². The molecule has 1 aliphatic heterocycles. The Balaban J connectivity index is 1.54. The van der Waals surface area contributed by atoms with Crippen LogP contribution in [0.5, 0.6) is 0 Å². The summed E-state index contributed by atoms with van der Waals surface area (Å²) in [6.07, 6.45) is 0.909. The fourth-order valence-corrected chi connectivity index (χ4v) is 3.12. The topological polar surface area (TPSA) is 64.6 Å². The lowest BCUT2D eigenvalue weighted by Gasteiger charge is -2.21. The van der Waals surface area contributed by atoms with Gasteiger partial charge in [0, 0.05) is 31.4 Å². The summed E-state index contributed by atoms with van der Waals surface area (Å²) in [5, 5.41) is 16.0. The van der Waals surface area contributed by atoms with E-state index in [-0.39, 0.29) is 12.1 Å². The lowest BCUT2D eigenvalue weighted by Crippen LogP contribution is -2.44. The number of rotatable bonds is 5. The van der Waals surface area contributed by atoms with Gasteiger partial charge in [-0.05, 0) is 36.6 Å². The molecule has 0 aliphatic carbocycles. The molecule has 2 atom stereocenters. The van der Waals surface area contributed by atoms with Gasteiger partial charge in [0.05, 0.1) is 12.1 Å². The van der Waals surface area contributed by atoms with E-state index >= 15 is 0 Å². The van der Waals surface area contributed by atoms with Crippen LogP contribution in [0.1, 0.15) is 18.1 Å². The predicted octanol–water partition coefficient (Wildman–Crippen LogP) is 2.79. The molecule has 132 valence electrons. The molecule has 2 aromatic rings. The van der Waals surface area contributed by atoms with Crippen molar-refractivity contribution in [2.45, 2.75) is 31.9 Å². The van der Waals surface area contributed by atoms with Crippen molar-refractivity contribution in [1.82, 2.24) is 5.32 Å². The van der Waals surface area contributed by atoms with E-state index in [0.717, 1.165) is 29.9 Å². The number of urea groups is 1. The minimum absolute atomic E-state index is 0.305. The number of fused-ring (bicyclic) bond motifs is 1. The Morgan fingerprint density at radius 3 is 2.76 bits per heavy atom. The fourth-order valence-electron chi connectivity index (χ4n) is 3.12. The van der Waals surface area contributed by atoms with Gasteiger partial charge in [0.2, 0.25) is 0 Å². The summed E-state index contributed by atoms with van der Waals surface area (Å²) in [4.78, 5) is 14.4. The highest BCUT2D eigenvalue weighted by atomic mass is 16.3. The van der Waals surface area contributed by atoms with Crippen LogP contribution in [0.2, 0.25) is 0 Å². The molecule has 5 heteroatoms. The highest BCUT2D eigenvalue weighted by Crippen LogP contribution is 2.29. The SMILES string of the molecule is CC(NC(=O)Nc1ccc2c(c1)N(C)CC2)C(O)Cc1ccccc1. The van der Waals surface area contributed by atoms with E-state index in [4.69, 9.17) is 0 Å². The summed E-state index contributed by atoms with van der Waals surface area (Å²) in [6.45, 7) is 2.82. The average molecular weight is 339 g/mol. The molecule has 2 unspecified atom stereocenters. The van der Waals surface area contributed by atoms with E-state index in [1.165, 1.54) is 5.56 Å². The van der Waals surface area contributed by atoms with Gasteiger partial charge in [0.1, 0.15) is 0 Å². The summed E-state index contributed by atoms with van der Waals surface area (Å²) in [7, 11) is 2.05. The van der Waals surface area contributed by atoms with Crippen LogP contribution in [-0.2, 0) is 12.8 Å². The number of aliphatic hydroxyl groups excluding tert-OH is 1. The van der Waals surface area contributed by atoms with Gasteiger partial charge in [-0.2, -0.15) is 0 Å². The molecule has 0 saturated heterocycles. The number of amides is 2. The van der Waals surface area contributed by atoms with Crippen molar-refractivity contribution in [1.29, 1.82) is 0 Å². The number of hydrogen-bond donors (Lipinski definition) is 3. The molecule has 3 rings (SSSR count). The predicted molar refractivity (Wildman–Crippen MR) is 101 cm³/mol. The van der Waals surface area contributed by atoms with Crippen molar-refractivity contribution in [3.63, 3.8) is 0 Å². The van der Waals surface area contributed by atoms with Crippen molar-refractivity contribution in [3.8, 4) is 0 Å². The molecule has 0 aromatic heterocycles. The Kier molecular flexibility index (Phi) is 5.24. The van der Waals surface area contributed by atoms with E-state index in [1.807, 2.05) is 49.4 Å². The Labute approximate surface area is 148 Å². The molecular formula is C20H25N3O2. The van der Waals surface area contributed by atoms with Crippen LogP contribution in [-0.4, -0.2) is 36.9 Å². The van der Waals surface area contributed by atoms with Crippen LogP contribution >= 0.6 is 0 Å². The first-order chi connectivity index (χ1) is 12.0. The van der Waals surface area contributed by atoms with Gasteiger partial charge in [0.15, 0.2) is 0 Å². The monoisotopic (exact) mass is 339 g/mol. The Hall–Kier alpha value is -2.53. The Morgan fingerprint density at radius 1 is 1.24 bits per heavy atom. The molecule has 25 heavy (non-hydrogen) atoms. The molecule has 3 N–H and O–H groups in total. The standard InChI is InChI=1S/C20H25N3O2/c1-14(19(24)12-15-6-4-3-5-7-15)21-20(25)22-17-9-8-16-10-11-23(2)18(16)13-17/h3-9,13-14,19,24H,10-12H2,1-2H3,(H2,21,22,25). The first-order valence-electron chi connectivity index (χ1n) is 8.66. The number of anilines is 2. The molecular weight excluding hydrogens is 314 g/mol. The summed E-state index contributed by atoms with van der Waals surface area (Å²) >= 11 is 0. The molecule has 2 amide bonds. The van der Waals surface area contributed by atoms with Crippen LogP contribution in [0.4, 0.5) is 16.2 Å². The number of hydrogen-bond acceptors (Lipinski definition) is 3. The second kappa shape index (κ2) is 7.57. The number of aliphatic hydroxyl groups is 1. The molecule has 1 aliphatic rings. The van der Waals surface area contributed by atoms with E-state index in [0.29, 0.717) is 6.42 Å². The summed E-state index contributed by atoms with van der Waals surface area (Å²) in [5.74, 6) is 0. The molecule has 0 fully saturated rings. The van der Waals surface area contributed by atoms with Crippen molar-refractivity contribution < 1.29 is 9.90 Å². The van der Waals surface area contributed by atoms with Gasteiger partial charge in [-0.1, -0.05) is 36.4 Å². The largest absolute Gasteiger partial charge is 0.391 e. The highest BCUT2D eigenvalue weighted by molar-refractivity contribution is 5.90. The number of nitrogens with one attached hydrogen (secondary N) is 2. The van der Waals surface area contributed by atoms with Crippen molar-refractivity contribution >= 4 is 17.4 Å². The second-order valence-corrected chi connectivity index (χ2v) is 6.66. The summed E-state index contributed by atoms with van der Waals surface area (Å²) in [5.41, 5.74) is 4.27. The maximum absolute atomic E-state index is 12.2. The van der Waals surface area contributed by atoms with E-state index in [1.54, 1.807) is 0 Å².